The molecule has 0 unspecified atom stereocenters. The monoisotopic (exact) mass is 386 g/mol. The molecule has 1 nitrogen and oxygen atoms in total. The summed E-state index contributed by atoms with van der Waals surface area (Å²) < 4.78 is 15.0. The average Bonchev–Trinajstić information content (AvgIpc) is 2.79. The van der Waals surface area contributed by atoms with Gasteiger partial charge >= 0.3 is 0 Å². The van der Waals surface area contributed by atoms with Gasteiger partial charge in [0, 0.05) is 15.9 Å². The summed E-state index contributed by atoms with van der Waals surface area (Å²) in [6.45, 7) is 0. The van der Waals surface area contributed by atoms with Crippen LogP contribution in [0.5, 0.6) is 0 Å². The van der Waals surface area contributed by atoms with Gasteiger partial charge in [0.2, 0.25) is 0 Å². The molecule has 142 valence electrons. The van der Waals surface area contributed by atoms with Crippen LogP contribution in [0.25, 0.3) is 0 Å². The largest absolute Gasteiger partial charge is 0.309 e. The Morgan fingerprint density at radius 3 is 1.68 bits per heavy atom. The number of hydrogen-bond acceptors (Lipinski definition) is 1. The summed E-state index contributed by atoms with van der Waals surface area (Å²) in [6.07, 6.45) is 9.61. The maximum Gasteiger partial charge on any atom is 0.171 e. The van der Waals surface area contributed by atoms with Gasteiger partial charge in [-0.25, -0.2) is 0 Å². The molecule has 2 heteroatoms. The highest BCUT2D eigenvalue weighted by molar-refractivity contribution is 7.85. The average molecular weight is 386 g/mol. The van der Waals surface area contributed by atoms with E-state index in [0.29, 0.717) is 0 Å². The molecular formula is C26H27OP. The maximum atomic E-state index is 15.0. The van der Waals surface area contributed by atoms with E-state index in [1.54, 1.807) is 11.1 Å². The predicted molar refractivity (Wildman–Crippen MR) is 119 cm³/mol. The Kier molecular flexibility index (Phi) is 4.73. The molecule has 2 aliphatic rings. The van der Waals surface area contributed by atoms with Gasteiger partial charge in [-0.05, 0) is 79.7 Å². The smallest absolute Gasteiger partial charge is 0.171 e. The summed E-state index contributed by atoms with van der Waals surface area (Å²) in [6, 6.07) is 22.7. The van der Waals surface area contributed by atoms with Crippen LogP contribution in [0.2, 0.25) is 0 Å². The zero-order valence-corrected chi connectivity index (χ0v) is 17.3. The molecule has 0 heterocycles. The van der Waals surface area contributed by atoms with Crippen LogP contribution in [0, 0.1) is 0 Å². The van der Waals surface area contributed by atoms with Crippen molar-refractivity contribution < 1.29 is 4.57 Å². The van der Waals surface area contributed by atoms with Gasteiger partial charge in [-0.15, -0.1) is 0 Å². The van der Waals surface area contributed by atoms with Gasteiger partial charge in [-0.1, -0.05) is 60.7 Å². The standard InChI is InChI=1S/C26H27OP/c27-28(21-12-3-1-4-13-21,22-14-5-2-6-15-22)26-19-20-11-7-8-16-23(20)24-17-9-10-18-25(24)26/h1-6,12-15,19H,7-11,16-18H2. The maximum absolute atomic E-state index is 15.0. The molecule has 0 N–H and O–H groups in total. The minimum absolute atomic E-state index is 0.963. The van der Waals surface area contributed by atoms with Crippen LogP contribution in [0.3, 0.4) is 0 Å². The Labute approximate surface area is 168 Å². The second kappa shape index (κ2) is 7.37. The Balaban J connectivity index is 1.83. The number of benzene rings is 3. The topological polar surface area (TPSA) is 17.1 Å². The number of aryl methyl sites for hydroxylation is 1. The Morgan fingerprint density at radius 2 is 1.07 bits per heavy atom. The molecule has 2 aliphatic carbocycles. The molecule has 5 rings (SSSR count). The van der Waals surface area contributed by atoms with E-state index in [0.717, 1.165) is 35.2 Å². The third-order valence-electron chi connectivity index (χ3n) is 6.54. The fourth-order valence-corrected chi connectivity index (χ4v) is 8.19. The van der Waals surface area contributed by atoms with Crippen molar-refractivity contribution in [2.45, 2.75) is 51.4 Å². The van der Waals surface area contributed by atoms with Crippen LogP contribution in [0.1, 0.15) is 47.9 Å². The van der Waals surface area contributed by atoms with E-state index in [9.17, 15) is 4.57 Å². The molecule has 0 amide bonds. The van der Waals surface area contributed by atoms with Crippen LogP contribution in [-0.4, -0.2) is 0 Å². The Morgan fingerprint density at radius 1 is 0.571 bits per heavy atom. The van der Waals surface area contributed by atoms with E-state index in [1.807, 2.05) is 36.4 Å². The minimum Gasteiger partial charge on any atom is -0.309 e. The van der Waals surface area contributed by atoms with E-state index in [4.69, 9.17) is 0 Å². The lowest BCUT2D eigenvalue weighted by atomic mass is 9.80. The fourth-order valence-electron chi connectivity index (χ4n) is 5.19. The molecule has 0 saturated carbocycles. The van der Waals surface area contributed by atoms with Crippen LogP contribution in [-0.2, 0) is 30.2 Å². The van der Waals surface area contributed by atoms with Crippen LogP contribution < -0.4 is 15.9 Å². The van der Waals surface area contributed by atoms with Gasteiger partial charge in [0.25, 0.3) is 0 Å². The van der Waals surface area contributed by atoms with Gasteiger partial charge in [0.1, 0.15) is 0 Å². The third-order valence-corrected chi connectivity index (χ3v) is 9.67. The summed E-state index contributed by atoms with van der Waals surface area (Å²) >= 11 is 0. The van der Waals surface area contributed by atoms with Crippen molar-refractivity contribution in [2.24, 2.45) is 0 Å². The number of hydrogen-bond donors (Lipinski definition) is 0. The lowest BCUT2D eigenvalue weighted by Gasteiger charge is -2.31. The number of rotatable bonds is 3. The minimum atomic E-state index is -2.88. The molecule has 0 saturated heterocycles. The van der Waals surface area contributed by atoms with E-state index < -0.39 is 7.14 Å². The first-order valence-corrected chi connectivity index (χ1v) is 12.4. The van der Waals surface area contributed by atoms with Crippen molar-refractivity contribution in [1.29, 1.82) is 0 Å². The van der Waals surface area contributed by atoms with Crippen molar-refractivity contribution >= 4 is 23.1 Å². The lowest BCUT2D eigenvalue weighted by molar-refractivity contribution is 0.591. The number of fused-ring (bicyclic) bond motifs is 3. The highest BCUT2D eigenvalue weighted by atomic mass is 31.2. The first kappa shape index (κ1) is 18.0. The zero-order chi connectivity index (χ0) is 19.0. The summed E-state index contributed by atoms with van der Waals surface area (Å²) in [4.78, 5) is 0. The molecule has 0 bridgehead atoms. The molecule has 0 aliphatic heterocycles. The van der Waals surface area contributed by atoms with Crippen molar-refractivity contribution in [1.82, 2.24) is 0 Å². The molecule has 0 radical (unpaired) electrons. The van der Waals surface area contributed by atoms with Gasteiger partial charge in [-0.3, -0.25) is 0 Å². The van der Waals surface area contributed by atoms with E-state index in [2.05, 4.69) is 30.3 Å². The second-order valence-electron chi connectivity index (χ2n) is 8.19. The van der Waals surface area contributed by atoms with Crippen LogP contribution in [0.15, 0.2) is 66.7 Å². The molecular weight excluding hydrogens is 359 g/mol. The second-order valence-corrected chi connectivity index (χ2v) is 10.9. The van der Waals surface area contributed by atoms with Crippen molar-refractivity contribution in [3.63, 3.8) is 0 Å². The molecule has 0 fully saturated rings. The van der Waals surface area contributed by atoms with Crippen molar-refractivity contribution in [3.05, 3.63) is 89.0 Å². The zero-order valence-electron chi connectivity index (χ0n) is 16.4. The van der Waals surface area contributed by atoms with E-state index in [-0.39, 0.29) is 0 Å². The molecule has 28 heavy (non-hydrogen) atoms. The van der Waals surface area contributed by atoms with Gasteiger partial charge in [0.15, 0.2) is 7.14 Å². The summed E-state index contributed by atoms with van der Waals surface area (Å²) in [5.74, 6) is 0. The van der Waals surface area contributed by atoms with E-state index >= 15 is 0 Å². The van der Waals surface area contributed by atoms with Crippen LogP contribution in [0.4, 0.5) is 0 Å². The van der Waals surface area contributed by atoms with E-state index in [1.165, 1.54) is 43.2 Å². The SMILES string of the molecule is O=P(c1ccccc1)(c1ccccc1)c1cc2c(c3c1CCCC3)CCCC2. The lowest BCUT2D eigenvalue weighted by Crippen LogP contribution is -2.31. The van der Waals surface area contributed by atoms with Gasteiger partial charge < -0.3 is 4.57 Å². The molecule has 0 spiro atoms. The van der Waals surface area contributed by atoms with Crippen molar-refractivity contribution in [2.75, 3.05) is 0 Å². The normalized spacial score (nSPS) is 16.3. The Bertz CT molecular complexity index is 994. The van der Waals surface area contributed by atoms with Gasteiger partial charge in [0.05, 0.1) is 0 Å². The summed E-state index contributed by atoms with van der Waals surface area (Å²) in [5.41, 5.74) is 6.01. The highest BCUT2D eigenvalue weighted by Crippen LogP contribution is 2.46. The summed E-state index contributed by atoms with van der Waals surface area (Å²) in [7, 11) is -2.88. The molecule has 0 aromatic heterocycles. The fraction of sp³-hybridized carbons (Fsp3) is 0.308. The molecule has 3 aromatic rings. The highest BCUT2D eigenvalue weighted by Gasteiger charge is 2.35. The third kappa shape index (κ3) is 2.88. The quantitative estimate of drug-likeness (QED) is 0.574. The first-order valence-electron chi connectivity index (χ1n) is 10.7. The first-order chi connectivity index (χ1) is 13.8. The van der Waals surface area contributed by atoms with Crippen LogP contribution >= 0.6 is 7.14 Å². The predicted octanol–water partition coefficient (Wildman–Crippen LogP) is 5.08. The molecule has 0 atom stereocenters. The van der Waals surface area contributed by atoms with Crippen molar-refractivity contribution in [3.8, 4) is 0 Å². The summed E-state index contributed by atoms with van der Waals surface area (Å²) in [5, 5.41) is 3.05. The van der Waals surface area contributed by atoms with Gasteiger partial charge in [-0.2, -0.15) is 0 Å². The molecule has 3 aromatic carbocycles. The Hall–Kier alpha value is -2.11.